The summed E-state index contributed by atoms with van der Waals surface area (Å²) in [7, 11) is 4.40. The summed E-state index contributed by atoms with van der Waals surface area (Å²) < 4.78 is 13.3. The van der Waals surface area contributed by atoms with Gasteiger partial charge in [-0.25, -0.2) is 4.39 Å². The summed E-state index contributed by atoms with van der Waals surface area (Å²) in [6.45, 7) is 6.46. The van der Waals surface area contributed by atoms with Crippen LogP contribution in [0.15, 0.2) is 24.3 Å². The molecular weight excluding hydrogens is 265 g/mol. The first kappa shape index (κ1) is 16.4. The Balaban J connectivity index is 1.98. The highest BCUT2D eigenvalue weighted by molar-refractivity contribution is 5.17. The Morgan fingerprint density at radius 2 is 2.14 bits per heavy atom. The van der Waals surface area contributed by atoms with Crippen molar-refractivity contribution >= 4 is 0 Å². The van der Waals surface area contributed by atoms with Crippen molar-refractivity contribution in [2.24, 2.45) is 0 Å². The first-order valence-corrected chi connectivity index (χ1v) is 7.95. The van der Waals surface area contributed by atoms with Crippen LogP contribution in [-0.2, 0) is 6.42 Å². The summed E-state index contributed by atoms with van der Waals surface area (Å²) >= 11 is 0. The number of nitrogens with zero attached hydrogens (tertiary/aromatic N) is 2. The van der Waals surface area contributed by atoms with Crippen LogP contribution in [0.25, 0.3) is 0 Å². The molecule has 0 saturated carbocycles. The number of piperazine rings is 1. The van der Waals surface area contributed by atoms with Crippen LogP contribution < -0.4 is 5.32 Å². The lowest BCUT2D eigenvalue weighted by Crippen LogP contribution is -2.52. The normalized spacial score (nSPS) is 22.4. The van der Waals surface area contributed by atoms with E-state index < -0.39 is 0 Å². The third kappa shape index (κ3) is 5.06. The van der Waals surface area contributed by atoms with Crippen LogP contribution in [-0.4, -0.2) is 62.2 Å². The van der Waals surface area contributed by atoms with Gasteiger partial charge in [0.1, 0.15) is 5.82 Å². The second kappa shape index (κ2) is 7.87. The van der Waals surface area contributed by atoms with Gasteiger partial charge < -0.3 is 15.1 Å². The molecule has 21 heavy (non-hydrogen) atoms. The zero-order valence-electron chi connectivity index (χ0n) is 13.5. The molecule has 2 unspecified atom stereocenters. The highest BCUT2D eigenvalue weighted by atomic mass is 19.1. The second-order valence-electron chi connectivity index (χ2n) is 6.22. The zero-order valence-corrected chi connectivity index (χ0v) is 13.5. The Bertz CT molecular complexity index is 438. The fourth-order valence-corrected chi connectivity index (χ4v) is 3.16. The number of benzene rings is 1. The van der Waals surface area contributed by atoms with Crippen molar-refractivity contribution in [3.8, 4) is 0 Å². The molecule has 1 heterocycles. The van der Waals surface area contributed by atoms with Crippen molar-refractivity contribution in [3.05, 3.63) is 35.6 Å². The van der Waals surface area contributed by atoms with Gasteiger partial charge in [0.2, 0.25) is 0 Å². The van der Waals surface area contributed by atoms with Crippen LogP contribution in [0.2, 0.25) is 0 Å². The predicted octanol–water partition coefficient (Wildman–Crippen LogP) is 1.98. The van der Waals surface area contributed by atoms with Gasteiger partial charge in [-0.15, -0.1) is 0 Å². The van der Waals surface area contributed by atoms with E-state index in [1.165, 1.54) is 6.07 Å². The molecule has 1 aliphatic heterocycles. The summed E-state index contributed by atoms with van der Waals surface area (Å²) in [5.41, 5.74) is 1.08. The van der Waals surface area contributed by atoms with Crippen LogP contribution in [0.3, 0.4) is 0 Å². The highest BCUT2D eigenvalue weighted by Crippen LogP contribution is 2.15. The van der Waals surface area contributed by atoms with Gasteiger partial charge in [0, 0.05) is 31.7 Å². The van der Waals surface area contributed by atoms with E-state index in [1.807, 2.05) is 6.07 Å². The zero-order chi connectivity index (χ0) is 15.2. The van der Waals surface area contributed by atoms with E-state index in [2.05, 4.69) is 36.1 Å². The van der Waals surface area contributed by atoms with Crippen molar-refractivity contribution in [2.75, 3.05) is 40.3 Å². The van der Waals surface area contributed by atoms with Crippen molar-refractivity contribution < 1.29 is 4.39 Å². The van der Waals surface area contributed by atoms with Gasteiger partial charge in [-0.05, 0) is 51.2 Å². The van der Waals surface area contributed by atoms with E-state index in [0.29, 0.717) is 12.1 Å². The molecule has 4 heteroatoms. The maximum Gasteiger partial charge on any atom is 0.123 e. The topological polar surface area (TPSA) is 18.5 Å². The van der Waals surface area contributed by atoms with E-state index in [-0.39, 0.29) is 5.82 Å². The number of rotatable bonds is 6. The summed E-state index contributed by atoms with van der Waals surface area (Å²) in [6, 6.07) is 7.95. The molecule has 0 aromatic heterocycles. The Kier molecular flexibility index (Phi) is 6.15. The third-order valence-corrected chi connectivity index (χ3v) is 4.40. The molecule has 0 radical (unpaired) electrons. The summed E-state index contributed by atoms with van der Waals surface area (Å²) in [6.07, 6.45) is 1.99. The number of likely N-dealkylation sites (N-methyl/N-ethyl adjacent to an activating group) is 3. The van der Waals surface area contributed by atoms with E-state index in [4.69, 9.17) is 0 Å². The highest BCUT2D eigenvalue weighted by Gasteiger charge is 2.25. The Morgan fingerprint density at radius 1 is 1.33 bits per heavy atom. The molecule has 1 aromatic rings. The molecular formula is C17H28FN3. The van der Waals surface area contributed by atoms with Crippen LogP contribution in [0, 0.1) is 5.82 Å². The molecule has 1 saturated heterocycles. The van der Waals surface area contributed by atoms with E-state index >= 15 is 0 Å². The minimum Gasteiger partial charge on any atom is -0.314 e. The minimum atomic E-state index is -0.141. The number of hydrogen-bond acceptors (Lipinski definition) is 3. The molecule has 1 fully saturated rings. The lowest BCUT2D eigenvalue weighted by atomic mass is 9.97. The standard InChI is InChI=1S/C17H28FN3/c1-4-19-16(11-14-6-5-7-15(18)10-14)12-17-13-20(2)8-9-21(17)3/h5-7,10,16-17,19H,4,8-9,11-13H2,1-3H3. The molecule has 118 valence electrons. The van der Waals surface area contributed by atoms with Gasteiger partial charge in [-0.2, -0.15) is 0 Å². The molecule has 0 aliphatic carbocycles. The van der Waals surface area contributed by atoms with E-state index in [9.17, 15) is 4.39 Å². The SMILES string of the molecule is CCNC(Cc1cccc(F)c1)CC1CN(C)CCN1C. The van der Waals surface area contributed by atoms with Crippen molar-refractivity contribution in [1.29, 1.82) is 0 Å². The van der Waals surface area contributed by atoms with E-state index in [1.54, 1.807) is 12.1 Å². The lowest BCUT2D eigenvalue weighted by Gasteiger charge is -2.39. The van der Waals surface area contributed by atoms with Gasteiger partial charge in [0.25, 0.3) is 0 Å². The summed E-state index contributed by atoms with van der Waals surface area (Å²) in [5.74, 6) is -0.141. The first-order chi connectivity index (χ1) is 10.1. The molecule has 2 rings (SSSR count). The Labute approximate surface area is 128 Å². The lowest BCUT2D eigenvalue weighted by molar-refractivity contribution is 0.101. The van der Waals surface area contributed by atoms with Gasteiger partial charge in [-0.1, -0.05) is 19.1 Å². The maximum absolute atomic E-state index is 13.3. The van der Waals surface area contributed by atoms with Crippen LogP contribution in [0.5, 0.6) is 0 Å². The Morgan fingerprint density at radius 3 is 2.86 bits per heavy atom. The fraction of sp³-hybridized carbons (Fsp3) is 0.647. The molecule has 1 aromatic carbocycles. The molecule has 3 nitrogen and oxygen atoms in total. The maximum atomic E-state index is 13.3. The fourth-order valence-electron chi connectivity index (χ4n) is 3.16. The smallest absolute Gasteiger partial charge is 0.123 e. The average molecular weight is 293 g/mol. The second-order valence-corrected chi connectivity index (χ2v) is 6.22. The van der Waals surface area contributed by atoms with Crippen LogP contribution >= 0.6 is 0 Å². The van der Waals surface area contributed by atoms with Crippen molar-refractivity contribution in [1.82, 2.24) is 15.1 Å². The molecule has 0 bridgehead atoms. The summed E-state index contributed by atoms with van der Waals surface area (Å²) in [5, 5.41) is 3.57. The first-order valence-electron chi connectivity index (χ1n) is 7.95. The van der Waals surface area contributed by atoms with Gasteiger partial charge >= 0.3 is 0 Å². The van der Waals surface area contributed by atoms with Crippen LogP contribution in [0.1, 0.15) is 18.9 Å². The largest absolute Gasteiger partial charge is 0.314 e. The van der Waals surface area contributed by atoms with Gasteiger partial charge in [0.05, 0.1) is 0 Å². The third-order valence-electron chi connectivity index (χ3n) is 4.40. The molecule has 0 amide bonds. The Hall–Kier alpha value is -0.970. The number of halogens is 1. The summed E-state index contributed by atoms with van der Waals surface area (Å²) in [4.78, 5) is 4.85. The minimum absolute atomic E-state index is 0.141. The quantitative estimate of drug-likeness (QED) is 0.865. The molecule has 1 N–H and O–H groups in total. The number of hydrogen-bond donors (Lipinski definition) is 1. The van der Waals surface area contributed by atoms with Crippen molar-refractivity contribution in [3.63, 3.8) is 0 Å². The molecule has 0 spiro atoms. The monoisotopic (exact) mass is 293 g/mol. The van der Waals surface area contributed by atoms with Gasteiger partial charge in [-0.3, -0.25) is 0 Å². The van der Waals surface area contributed by atoms with Gasteiger partial charge in [0.15, 0.2) is 0 Å². The predicted molar refractivity (Wildman–Crippen MR) is 86.1 cm³/mol. The van der Waals surface area contributed by atoms with E-state index in [0.717, 1.165) is 44.6 Å². The van der Waals surface area contributed by atoms with Crippen molar-refractivity contribution in [2.45, 2.75) is 31.8 Å². The average Bonchev–Trinajstić information content (AvgIpc) is 2.43. The van der Waals surface area contributed by atoms with Crippen LogP contribution in [0.4, 0.5) is 4.39 Å². The number of nitrogens with one attached hydrogen (secondary N) is 1. The molecule has 2 atom stereocenters. The molecule has 1 aliphatic rings.